The summed E-state index contributed by atoms with van der Waals surface area (Å²) in [6.45, 7) is 6.44. The molecule has 4 heteroatoms. The first-order valence-corrected chi connectivity index (χ1v) is 7.02. The molecule has 0 fully saturated rings. The van der Waals surface area contributed by atoms with Crippen molar-refractivity contribution in [3.05, 3.63) is 23.8 Å². The van der Waals surface area contributed by atoms with Crippen LogP contribution < -0.4 is 15.5 Å². The summed E-state index contributed by atoms with van der Waals surface area (Å²) in [6, 6.07) is 5.66. The lowest BCUT2D eigenvalue weighted by atomic mass is 10.1. The second-order valence-corrected chi connectivity index (χ2v) is 5.11. The van der Waals surface area contributed by atoms with E-state index in [2.05, 4.69) is 30.9 Å². The molecule has 1 heterocycles. The molecule has 0 aliphatic carbocycles. The average Bonchev–Trinajstić information content (AvgIpc) is 2.63. The number of rotatable bonds is 5. The Morgan fingerprint density at radius 1 is 1.26 bits per heavy atom. The fraction of sp³-hybridized carbons (Fsp3) is 0.533. The third kappa shape index (κ3) is 2.45. The fourth-order valence-corrected chi connectivity index (χ4v) is 2.65. The number of anilines is 2. The second kappa shape index (κ2) is 5.61. The van der Waals surface area contributed by atoms with Crippen LogP contribution in [-0.2, 0) is 4.79 Å². The Bertz CT molecular complexity index is 466. The molecule has 1 amide bonds. The highest BCUT2D eigenvalue weighted by atomic mass is 16.2. The molecule has 0 saturated carbocycles. The van der Waals surface area contributed by atoms with Crippen LogP contribution in [0.4, 0.5) is 11.4 Å². The van der Waals surface area contributed by atoms with Crippen LogP contribution in [0.1, 0.15) is 38.3 Å². The molecule has 1 aliphatic heterocycles. The lowest BCUT2D eigenvalue weighted by Gasteiger charge is -2.25. The van der Waals surface area contributed by atoms with E-state index in [1.165, 1.54) is 5.69 Å². The normalized spacial score (nSPS) is 17.8. The van der Waals surface area contributed by atoms with E-state index in [1.807, 2.05) is 6.07 Å². The van der Waals surface area contributed by atoms with E-state index >= 15 is 0 Å². The number of fused-ring (bicyclic) bond motifs is 1. The summed E-state index contributed by atoms with van der Waals surface area (Å²) in [5, 5.41) is 0. The number of carbonyl (C=O) groups is 1. The van der Waals surface area contributed by atoms with Gasteiger partial charge in [0.2, 0.25) is 5.91 Å². The van der Waals surface area contributed by atoms with E-state index in [0.29, 0.717) is 0 Å². The number of hydrogen-bond acceptors (Lipinski definition) is 3. The average molecular weight is 261 g/mol. The molecule has 2 rings (SSSR count). The van der Waals surface area contributed by atoms with Gasteiger partial charge in [-0.15, -0.1) is 0 Å². The molecule has 0 radical (unpaired) electrons. The van der Waals surface area contributed by atoms with Gasteiger partial charge >= 0.3 is 0 Å². The minimum atomic E-state index is -0.500. The Morgan fingerprint density at radius 3 is 2.47 bits per heavy atom. The van der Waals surface area contributed by atoms with E-state index in [-0.39, 0.29) is 5.91 Å². The van der Waals surface area contributed by atoms with Gasteiger partial charge in [-0.2, -0.15) is 0 Å². The lowest BCUT2D eigenvalue weighted by molar-refractivity contribution is -0.118. The summed E-state index contributed by atoms with van der Waals surface area (Å²) in [5.74, 6) is -0.0234. The first kappa shape index (κ1) is 13.9. The van der Waals surface area contributed by atoms with Crippen LogP contribution in [-0.4, -0.2) is 26.0 Å². The molecule has 0 saturated heterocycles. The highest BCUT2D eigenvalue weighted by Gasteiger charge is 2.32. The molecule has 1 unspecified atom stereocenters. The van der Waals surface area contributed by atoms with Crippen molar-refractivity contribution in [3.63, 3.8) is 0 Å². The fourth-order valence-electron chi connectivity index (χ4n) is 2.65. The topological polar surface area (TPSA) is 49.6 Å². The second-order valence-electron chi connectivity index (χ2n) is 5.11. The van der Waals surface area contributed by atoms with Crippen molar-refractivity contribution in [3.8, 4) is 0 Å². The van der Waals surface area contributed by atoms with Gasteiger partial charge in [-0.25, -0.2) is 0 Å². The van der Waals surface area contributed by atoms with Crippen molar-refractivity contribution in [2.24, 2.45) is 5.73 Å². The van der Waals surface area contributed by atoms with Crippen LogP contribution >= 0.6 is 0 Å². The van der Waals surface area contributed by atoms with Crippen LogP contribution in [0.15, 0.2) is 18.2 Å². The maximum absolute atomic E-state index is 11.9. The van der Waals surface area contributed by atoms with Gasteiger partial charge in [0.1, 0.15) is 6.04 Å². The Morgan fingerprint density at radius 2 is 1.89 bits per heavy atom. The third-order valence-corrected chi connectivity index (χ3v) is 3.66. The number of carbonyl (C=O) groups excluding carboxylic acids is 1. The van der Waals surface area contributed by atoms with Gasteiger partial charge in [0, 0.05) is 31.4 Å². The molecule has 1 aromatic carbocycles. The van der Waals surface area contributed by atoms with Gasteiger partial charge in [0.15, 0.2) is 0 Å². The summed E-state index contributed by atoms with van der Waals surface area (Å²) < 4.78 is 0. The monoisotopic (exact) mass is 261 g/mol. The predicted molar refractivity (Wildman–Crippen MR) is 79.6 cm³/mol. The van der Waals surface area contributed by atoms with Gasteiger partial charge in [0.25, 0.3) is 0 Å². The Balaban J connectivity index is 2.33. The van der Waals surface area contributed by atoms with E-state index < -0.39 is 6.04 Å². The van der Waals surface area contributed by atoms with Crippen LogP contribution in [0.3, 0.4) is 0 Å². The molecule has 1 aliphatic rings. The Hall–Kier alpha value is -1.55. The van der Waals surface area contributed by atoms with Crippen LogP contribution in [0, 0.1) is 0 Å². The largest absolute Gasteiger partial charge is 0.371 e. The highest BCUT2D eigenvalue weighted by Crippen LogP contribution is 2.36. The molecular weight excluding hydrogens is 238 g/mol. The van der Waals surface area contributed by atoms with Crippen molar-refractivity contribution < 1.29 is 4.79 Å². The summed E-state index contributed by atoms with van der Waals surface area (Å²) in [6.07, 6.45) is 2.23. The van der Waals surface area contributed by atoms with Gasteiger partial charge in [-0.1, -0.05) is 19.9 Å². The molecule has 1 aromatic rings. The number of hydrogen-bond donors (Lipinski definition) is 1. The summed E-state index contributed by atoms with van der Waals surface area (Å²) in [5.41, 5.74) is 8.98. The quantitative estimate of drug-likeness (QED) is 0.884. The number of benzene rings is 1. The maximum atomic E-state index is 11.9. The van der Waals surface area contributed by atoms with E-state index in [4.69, 9.17) is 5.73 Å². The van der Waals surface area contributed by atoms with Crippen molar-refractivity contribution in [1.29, 1.82) is 0 Å². The predicted octanol–water partition coefficient (Wildman–Crippen LogP) is 2.29. The van der Waals surface area contributed by atoms with Crippen LogP contribution in [0.5, 0.6) is 0 Å². The van der Waals surface area contributed by atoms with Gasteiger partial charge in [0.05, 0.1) is 5.69 Å². The molecule has 19 heavy (non-hydrogen) atoms. The van der Waals surface area contributed by atoms with Gasteiger partial charge < -0.3 is 15.5 Å². The first-order valence-electron chi connectivity index (χ1n) is 7.02. The third-order valence-electron chi connectivity index (χ3n) is 3.66. The van der Waals surface area contributed by atoms with Gasteiger partial charge in [-0.3, -0.25) is 4.79 Å². The Labute approximate surface area is 115 Å². The van der Waals surface area contributed by atoms with E-state index in [0.717, 1.165) is 37.2 Å². The molecule has 0 spiro atoms. The molecular formula is C15H23N3O. The smallest absolute Gasteiger partial charge is 0.248 e. The van der Waals surface area contributed by atoms with Crippen molar-refractivity contribution in [2.45, 2.75) is 32.7 Å². The molecule has 1 atom stereocenters. The van der Waals surface area contributed by atoms with Crippen molar-refractivity contribution >= 4 is 17.3 Å². The SMILES string of the molecule is CCCN(CCC)c1ccc2c(c1)N(C)C(=O)C2N. The summed E-state index contributed by atoms with van der Waals surface area (Å²) in [7, 11) is 1.79. The van der Waals surface area contributed by atoms with Crippen molar-refractivity contribution in [2.75, 3.05) is 29.9 Å². The highest BCUT2D eigenvalue weighted by molar-refractivity contribution is 6.04. The van der Waals surface area contributed by atoms with Crippen LogP contribution in [0.2, 0.25) is 0 Å². The zero-order valence-corrected chi connectivity index (χ0v) is 12.0. The number of amides is 1. The number of likely N-dealkylation sites (N-methyl/N-ethyl adjacent to an activating group) is 1. The molecule has 2 N–H and O–H groups in total. The standard InChI is InChI=1S/C15H23N3O/c1-4-8-18(9-5-2)11-6-7-12-13(10-11)17(3)15(19)14(12)16/h6-7,10,14H,4-5,8-9,16H2,1-3H3. The van der Waals surface area contributed by atoms with Gasteiger partial charge in [-0.05, 0) is 25.0 Å². The van der Waals surface area contributed by atoms with Crippen molar-refractivity contribution in [1.82, 2.24) is 0 Å². The van der Waals surface area contributed by atoms with E-state index in [1.54, 1.807) is 11.9 Å². The lowest BCUT2D eigenvalue weighted by Crippen LogP contribution is -2.28. The number of nitrogens with two attached hydrogens (primary N) is 1. The minimum Gasteiger partial charge on any atom is -0.371 e. The molecule has 4 nitrogen and oxygen atoms in total. The summed E-state index contributed by atoms with van der Waals surface area (Å²) in [4.78, 5) is 15.9. The zero-order valence-electron chi connectivity index (χ0n) is 12.0. The van der Waals surface area contributed by atoms with E-state index in [9.17, 15) is 4.79 Å². The molecule has 104 valence electrons. The maximum Gasteiger partial charge on any atom is 0.248 e. The Kier molecular flexibility index (Phi) is 4.10. The minimum absolute atomic E-state index is 0.0234. The first-order chi connectivity index (χ1) is 9.10. The molecule has 0 aromatic heterocycles. The zero-order chi connectivity index (χ0) is 14.0. The number of nitrogens with zero attached hydrogens (tertiary/aromatic N) is 2. The summed E-state index contributed by atoms with van der Waals surface area (Å²) >= 11 is 0. The molecule has 0 bridgehead atoms. The van der Waals surface area contributed by atoms with Crippen LogP contribution in [0.25, 0.3) is 0 Å².